The van der Waals surface area contributed by atoms with Crippen LogP contribution in [0.1, 0.15) is 28.8 Å². The highest BCUT2D eigenvalue weighted by atomic mass is 35.5. The van der Waals surface area contributed by atoms with Crippen LogP contribution in [0.5, 0.6) is 0 Å². The fourth-order valence-electron chi connectivity index (χ4n) is 3.05. The summed E-state index contributed by atoms with van der Waals surface area (Å²) in [6.07, 6.45) is 1.54. The molecule has 1 fully saturated rings. The molecule has 3 rings (SSSR count). The van der Waals surface area contributed by atoms with E-state index in [1.807, 2.05) is 0 Å². The zero-order valence-corrected chi connectivity index (χ0v) is 14.8. The number of hydrogen-bond donors (Lipinski definition) is 2. The summed E-state index contributed by atoms with van der Waals surface area (Å²) in [5.41, 5.74) is 6.72. The fourth-order valence-corrected chi connectivity index (χ4v) is 3.26. The van der Waals surface area contributed by atoms with Gasteiger partial charge in [-0.3, -0.25) is 9.69 Å². The van der Waals surface area contributed by atoms with E-state index in [1.54, 1.807) is 6.07 Å². The molecule has 0 spiro atoms. The second-order valence-electron chi connectivity index (χ2n) is 6.38. The van der Waals surface area contributed by atoms with Gasteiger partial charge in [0, 0.05) is 31.2 Å². The third kappa shape index (κ3) is 4.68. The Morgan fingerprint density at radius 1 is 1.23 bits per heavy atom. The van der Waals surface area contributed by atoms with Crippen molar-refractivity contribution in [1.82, 2.24) is 15.2 Å². The van der Waals surface area contributed by atoms with Crippen LogP contribution in [0.4, 0.5) is 14.6 Å². The molecule has 26 heavy (non-hydrogen) atoms. The number of piperidine rings is 1. The van der Waals surface area contributed by atoms with E-state index in [9.17, 15) is 13.6 Å². The standard InChI is InChI=1S/C18H19ClF2N4O/c19-16-8-12(9-17(22)24-16)18(26)23-13-3-5-25(6-4-13)10-11-1-2-14(20)15(21)7-11/h1-2,7-9,13H,3-6,10H2,(H2,22,24)(H,23,26). The largest absolute Gasteiger partial charge is 0.384 e. The molecule has 138 valence electrons. The number of nitrogens with one attached hydrogen (secondary N) is 1. The summed E-state index contributed by atoms with van der Waals surface area (Å²) < 4.78 is 26.3. The number of nitrogen functional groups attached to an aromatic ring is 1. The first kappa shape index (κ1) is 18.5. The molecule has 1 aliphatic rings. The van der Waals surface area contributed by atoms with Crippen LogP contribution in [0.25, 0.3) is 0 Å². The molecule has 3 N–H and O–H groups in total. The van der Waals surface area contributed by atoms with Crippen LogP contribution >= 0.6 is 11.6 Å². The third-order valence-corrected chi connectivity index (χ3v) is 4.58. The number of nitrogens with zero attached hydrogens (tertiary/aromatic N) is 2. The Hall–Kier alpha value is -2.25. The lowest BCUT2D eigenvalue weighted by molar-refractivity contribution is 0.0909. The summed E-state index contributed by atoms with van der Waals surface area (Å²) in [6, 6.07) is 6.95. The Kier molecular flexibility index (Phi) is 5.68. The van der Waals surface area contributed by atoms with Gasteiger partial charge in [0.15, 0.2) is 11.6 Å². The normalized spacial score (nSPS) is 15.8. The number of benzene rings is 1. The summed E-state index contributed by atoms with van der Waals surface area (Å²) in [6.45, 7) is 2.06. The molecule has 0 unspecified atom stereocenters. The van der Waals surface area contributed by atoms with Gasteiger partial charge in [-0.25, -0.2) is 13.8 Å². The van der Waals surface area contributed by atoms with E-state index in [2.05, 4.69) is 15.2 Å². The maximum Gasteiger partial charge on any atom is 0.251 e. The Balaban J connectivity index is 1.51. The molecular formula is C18H19ClF2N4O. The maximum absolute atomic E-state index is 13.3. The average molecular weight is 381 g/mol. The number of pyridine rings is 1. The minimum Gasteiger partial charge on any atom is -0.384 e. The van der Waals surface area contributed by atoms with Crippen LogP contribution in [0, 0.1) is 11.6 Å². The summed E-state index contributed by atoms with van der Waals surface area (Å²) >= 11 is 5.83. The van der Waals surface area contributed by atoms with E-state index in [1.165, 1.54) is 18.2 Å². The van der Waals surface area contributed by atoms with Crippen molar-refractivity contribution in [2.45, 2.75) is 25.4 Å². The predicted molar refractivity (Wildman–Crippen MR) is 95.8 cm³/mol. The van der Waals surface area contributed by atoms with Crippen molar-refractivity contribution in [2.75, 3.05) is 18.8 Å². The Morgan fingerprint density at radius 3 is 2.62 bits per heavy atom. The summed E-state index contributed by atoms with van der Waals surface area (Å²) in [5.74, 6) is -1.71. The van der Waals surface area contributed by atoms with Crippen molar-refractivity contribution in [2.24, 2.45) is 0 Å². The topological polar surface area (TPSA) is 71.2 Å². The molecular weight excluding hydrogens is 362 g/mol. The molecule has 1 aromatic heterocycles. The first-order chi connectivity index (χ1) is 12.4. The molecule has 2 heterocycles. The van der Waals surface area contributed by atoms with Crippen molar-refractivity contribution in [1.29, 1.82) is 0 Å². The number of carbonyl (C=O) groups excluding carboxylic acids is 1. The number of amides is 1. The van der Waals surface area contributed by atoms with Crippen molar-refractivity contribution in [3.63, 3.8) is 0 Å². The van der Waals surface area contributed by atoms with Crippen LogP contribution in [-0.4, -0.2) is 34.9 Å². The molecule has 2 aromatic rings. The average Bonchev–Trinajstić information content (AvgIpc) is 2.59. The lowest BCUT2D eigenvalue weighted by atomic mass is 10.0. The van der Waals surface area contributed by atoms with E-state index in [-0.39, 0.29) is 22.9 Å². The van der Waals surface area contributed by atoms with Gasteiger partial charge in [-0.2, -0.15) is 0 Å². The second kappa shape index (κ2) is 7.97. The minimum atomic E-state index is -0.841. The summed E-state index contributed by atoms with van der Waals surface area (Å²) in [7, 11) is 0. The lowest BCUT2D eigenvalue weighted by Gasteiger charge is -2.32. The maximum atomic E-state index is 13.3. The Bertz CT molecular complexity index is 790. The molecule has 5 nitrogen and oxygen atoms in total. The second-order valence-corrected chi connectivity index (χ2v) is 6.76. The lowest BCUT2D eigenvalue weighted by Crippen LogP contribution is -2.44. The number of carbonyl (C=O) groups is 1. The number of hydrogen-bond acceptors (Lipinski definition) is 4. The first-order valence-electron chi connectivity index (χ1n) is 8.31. The van der Waals surface area contributed by atoms with Gasteiger partial charge >= 0.3 is 0 Å². The Labute approximate surface area is 155 Å². The van der Waals surface area contributed by atoms with Crippen molar-refractivity contribution >= 4 is 23.3 Å². The van der Waals surface area contributed by atoms with E-state index < -0.39 is 11.6 Å². The quantitative estimate of drug-likeness (QED) is 0.800. The zero-order valence-electron chi connectivity index (χ0n) is 14.0. The van der Waals surface area contributed by atoms with Gasteiger partial charge in [-0.05, 0) is 42.7 Å². The minimum absolute atomic E-state index is 0.0388. The molecule has 0 atom stereocenters. The number of rotatable bonds is 4. The van der Waals surface area contributed by atoms with Gasteiger partial charge in [-0.1, -0.05) is 17.7 Å². The number of halogens is 3. The number of nitrogens with two attached hydrogens (primary N) is 1. The van der Waals surface area contributed by atoms with E-state index in [0.29, 0.717) is 12.1 Å². The smallest absolute Gasteiger partial charge is 0.251 e. The van der Waals surface area contributed by atoms with Crippen molar-refractivity contribution in [3.05, 3.63) is 58.2 Å². The van der Waals surface area contributed by atoms with Gasteiger partial charge in [-0.15, -0.1) is 0 Å². The summed E-state index contributed by atoms with van der Waals surface area (Å²) in [5, 5.41) is 3.15. The molecule has 1 saturated heterocycles. The first-order valence-corrected chi connectivity index (χ1v) is 8.69. The van der Waals surface area contributed by atoms with E-state index >= 15 is 0 Å². The fraction of sp³-hybridized carbons (Fsp3) is 0.333. The highest BCUT2D eigenvalue weighted by Crippen LogP contribution is 2.17. The molecule has 0 saturated carbocycles. The predicted octanol–water partition coefficient (Wildman–Crippen LogP) is 2.99. The molecule has 1 amide bonds. The molecule has 0 bridgehead atoms. The van der Waals surface area contributed by atoms with Crippen molar-refractivity contribution < 1.29 is 13.6 Å². The van der Waals surface area contributed by atoms with Gasteiger partial charge in [0.05, 0.1) is 0 Å². The van der Waals surface area contributed by atoms with Gasteiger partial charge in [0.1, 0.15) is 11.0 Å². The highest BCUT2D eigenvalue weighted by molar-refractivity contribution is 6.29. The molecule has 8 heteroatoms. The Morgan fingerprint density at radius 2 is 1.96 bits per heavy atom. The van der Waals surface area contributed by atoms with Gasteiger partial charge in [0.2, 0.25) is 0 Å². The van der Waals surface area contributed by atoms with Crippen LogP contribution < -0.4 is 11.1 Å². The van der Waals surface area contributed by atoms with Crippen LogP contribution in [0.3, 0.4) is 0 Å². The molecule has 0 radical (unpaired) electrons. The molecule has 0 aliphatic carbocycles. The zero-order chi connectivity index (χ0) is 18.7. The molecule has 1 aliphatic heterocycles. The number of anilines is 1. The third-order valence-electron chi connectivity index (χ3n) is 4.39. The van der Waals surface area contributed by atoms with Crippen LogP contribution in [-0.2, 0) is 6.54 Å². The highest BCUT2D eigenvalue weighted by Gasteiger charge is 2.22. The SMILES string of the molecule is Nc1cc(C(=O)NC2CCN(Cc3ccc(F)c(F)c3)CC2)cc(Cl)n1. The molecule has 1 aromatic carbocycles. The van der Waals surface area contributed by atoms with Crippen LogP contribution in [0.15, 0.2) is 30.3 Å². The van der Waals surface area contributed by atoms with Gasteiger partial charge < -0.3 is 11.1 Å². The van der Waals surface area contributed by atoms with Crippen LogP contribution in [0.2, 0.25) is 5.15 Å². The van der Waals surface area contributed by atoms with Gasteiger partial charge in [0.25, 0.3) is 5.91 Å². The summed E-state index contributed by atoms with van der Waals surface area (Å²) in [4.78, 5) is 18.3. The van der Waals surface area contributed by atoms with E-state index in [4.69, 9.17) is 17.3 Å². The van der Waals surface area contributed by atoms with E-state index in [0.717, 1.165) is 37.6 Å². The number of aromatic nitrogens is 1. The monoisotopic (exact) mass is 380 g/mol. The number of likely N-dealkylation sites (tertiary alicyclic amines) is 1. The van der Waals surface area contributed by atoms with Crippen molar-refractivity contribution in [3.8, 4) is 0 Å².